The van der Waals surface area contributed by atoms with E-state index in [4.69, 9.17) is 18.3 Å². The van der Waals surface area contributed by atoms with Gasteiger partial charge in [0, 0.05) is 12.6 Å². The highest BCUT2D eigenvalue weighted by Crippen LogP contribution is 2.34. The lowest BCUT2D eigenvalue weighted by Gasteiger charge is -2.33. The van der Waals surface area contributed by atoms with Crippen molar-refractivity contribution in [3.8, 4) is 23.5 Å². The van der Waals surface area contributed by atoms with Gasteiger partial charge in [-0.25, -0.2) is 0 Å². The van der Waals surface area contributed by atoms with Crippen molar-refractivity contribution in [1.29, 1.82) is 0 Å². The van der Waals surface area contributed by atoms with Crippen LogP contribution in [0.15, 0.2) is 75.6 Å². The van der Waals surface area contributed by atoms with Gasteiger partial charge in [-0.1, -0.05) is 53.6 Å². The van der Waals surface area contributed by atoms with E-state index in [1.54, 1.807) is 6.07 Å². The van der Waals surface area contributed by atoms with Gasteiger partial charge in [0.15, 0.2) is 5.76 Å². The van der Waals surface area contributed by atoms with Crippen LogP contribution >= 0.6 is 0 Å². The van der Waals surface area contributed by atoms with E-state index in [9.17, 15) is 5.11 Å². The fourth-order valence-corrected chi connectivity index (χ4v) is 5.27. The molecule has 6 rings (SSSR count). The first-order chi connectivity index (χ1) is 19.0. The maximum Gasteiger partial charge on any atom is 0.415 e. The highest BCUT2D eigenvalue weighted by molar-refractivity contribution is 5.87. The Labute approximate surface area is 227 Å². The number of hydrogen-bond donors (Lipinski definition) is 1. The third kappa shape index (κ3) is 5.77. The van der Waals surface area contributed by atoms with Gasteiger partial charge in [-0.3, -0.25) is 0 Å². The highest BCUT2D eigenvalue weighted by Gasteiger charge is 2.23. The van der Waals surface area contributed by atoms with Crippen LogP contribution in [0, 0.1) is 0 Å². The molecule has 0 amide bonds. The Hall–Kier alpha value is -3.88. The van der Waals surface area contributed by atoms with Crippen LogP contribution in [0.4, 0.5) is 0 Å². The van der Waals surface area contributed by atoms with Crippen molar-refractivity contribution in [2.45, 2.75) is 44.8 Å². The molecule has 0 bridgehead atoms. The van der Waals surface area contributed by atoms with Crippen molar-refractivity contribution in [2.24, 2.45) is 0 Å². The van der Waals surface area contributed by atoms with E-state index in [0.29, 0.717) is 29.6 Å². The van der Waals surface area contributed by atoms with Crippen molar-refractivity contribution in [1.82, 2.24) is 15.1 Å². The predicted molar refractivity (Wildman–Crippen MR) is 149 cm³/mol. The third-order valence-electron chi connectivity index (χ3n) is 7.21. The van der Waals surface area contributed by atoms with Crippen LogP contribution < -0.4 is 9.47 Å². The van der Waals surface area contributed by atoms with Gasteiger partial charge < -0.3 is 28.3 Å². The molecule has 3 aromatic carbocycles. The standard InChI is InChI=1S/C31H33N3O5/c1-20(2)37-31-33-32-30(39-31)29-17-26-27(8-5-9-28(26)38-29)36-19-25(35)18-34-14-12-22(13-15-34)24-11-10-21-6-3-4-7-23(21)16-24/h3-11,16-17,20,22,25,35H,12-15,18-19H2,1-2H3. The molecule has 2 aromatic heterocycles. The number of aromatic nitrogens is 2. The minimum Gasteiger partial charge on any atom is -0.490 e. The summed E-state index contributed by atoms with van der Waals surface area (Å²) in [5, 5.41) is 22.0. The van der Waals surface area contributed by atoms with Crippen LogP contribution in [0.1, 0.15) is 38.2 Å². The predicted octanol–water partition coefficient (Wildman–Crippen LogP) is 6.04. The number of aliphatic hydroxyl groups is 1. The van der Waals surface area contributed by atoms with E-state index < -0.39 is 6.10 Å². The molecular weight excluding hydrogens is 494 g/mol. The lowest BCUT2D eigenvalue weighted by atomic mass is 9.88. The molecule has 0 spiro atoms. The molecule has 0 radical (unpaired) electrons. The molecule has 39 heavy (non-hydrogen) atoms. The zero-order chi connectivity index (χ0) is 26.8. The quantitative estimate of drug-likeness (QED) is 0.248. The summed E-state index contributed by atoms with van der Waals surface area (Å²) in [7, 11) is 0. The van der Waals surface area contributed by atoms with Crippen molar-refractivity contribution in [3.05, 3.63) is 72.3 Å². The molecular formula is C31H33N3O5. The minimum atomic E-state index is -0.601. The van der Waals surface area contributed by atoms with Gasteiger partial charge >= 0.3 is 6.08 Å². The first-order valence-electron chi connectivity index (χ1n) is 13.6. The van der Waals surface area contributed by atoms with Gasteiger partial charge in [0.2, 0.25) is 0 Å². The Morgan fingerprint density at radius 2 is 1.77 bits per heavy atom. The normalized spacial score (nSPS) is 15.8. The number of hydrogen-bond acceptors (Lipinski definition) is 8. The van der Waals surface area contributed by atoms with Crippen LogP contribution in [0.5, 0.6) is 11.8 Å². The summed E-state index contributed by atoms with van der Waals surface area (Å²) < 4.78 is 23.0. The second-order valence-corrected chi connectivity index (χ2v) is 10.5. The van der Waals surface area contributed by atoms with Gasteiger partial charge in [0.1, 0.15) is 24.0 Å². The highest BCUT2D eigenvalue weighted by atomic mass is 16.6. The van der Waals surface area contributed by atoms with Crippen molar-refractivity contribution >= 4 is 21.7 Å². The van der Waals surface area contributed by atoms with Crippen molar-refractivity contribution in [2.75, 3.05) is 26.2 Å². The number of ether oxygens (including phenoxy) is 2. The SMILES string of the molecule is CC(C)Oc1nnc(-c2cc3c(OCC(O)CN4CCC(c5ccc6ccccc6c5)CC4)cccc3o2)o1. The molecule has 0 aliphatic carbocycles. The van der Waals surface area contributed by atoms with Gasteiger partial charge in [-0.05, 0) is 74.2 Å². The smallest absolute Gasteiger partial charge is 0.415 e. The number of furan rings is 1. The van der Waals surface area contributed by atoms with Crippen molar-refractivity contribution in [3.63, 3.8) is 0 Å². The Kier molecular flexibility index (Phi) is 7.22. The first-order valence-corrected chi connectivity index (χ1v) is 13.6. The topological polar surface area (TPSA) is 94.0 Å². The summed E-state index contributed by atoms with van der Waals surface area (Å²) in [6.07, 6.45) is 1.60. The third-order valence-corrected chi connectivity index (χ3v) is 7.21. The Morgan fingerprint density at radius 3 is 2.59 bits per heavy atom. The monoisotopic (exact) mass is 527 g/mol. The lowest BCUT2D eigenvalue weighted by molar-refractivity contribution is 0.0599. The van der Waals surface area contributed by atoms with Gasteiger partial charge in [-0.15, -0.1) is 5.10 Å². The number of aliphatic hydroxyl groups excluding tert-OH is 1. The largest absolute Gasteiger partial charge is 0.490 e. The number of likely N-dealkylation sites (tertiary alicyclic amines) is 1. The Morgan fingerprint density at radius 1 is 0.949 bits per heavy atom. The van der Waals surface area contributed by atoms with Crippen LogP contribution in [0.25, 0.3) is 33.4 Å². The maximum absolute atomic E-state index is 10.8. The average molecular weight is 528 g/mol. The van der Waals surface area contributed by atoms with Crippen molar-refractivity contribution < 1.29 is 23.4 Å². The fraction of sp³-hybridized carbons (Fsp3) is 0.355. The minimum absolute atomic E-state index is 0.0728. The maximum atomic E-state index is 10.8. The summed E-state index contributed by atoms with van der Waals surface area (Å²) in [5.74, 6) is 1.86. The molecule has 1 N–H and O–H groups in total. The second-order valence-electron chi connectivity index (χ2n) is 10.5. The van der Waals surface area contributed by atoms with Gasteiger partial charge in [0.25, 0.3) is 5.89 Å². The average Bonchev–Trinajstić information content (AvgIpc) is 3.59. The molecule has 8 heteroatoms. The molecule has 1 atom stereocenters. The number of fused-ring (bicyclic) bond motifs is 2. The zero-order valence-corrected chi connectivity index (χ0v) is 22.2. The van der Waals surface area contributed by atoms with Crippen LogP contribution in [-0.2, 0) is 0 Å². The summed E-state index contributed by atoms with van der Waals surface area (Å²) >= 11 is 0. The lowest BCUT2D eigenvalue weighted by Crippen LogP contribution is -2.40. The molecule has 5 aromatic rings. The van der Waals surface area contributed by atoms with Crippen LogP contribution in [0.3, 0.4) is 0 Å². The summed E-state index contributed by atoms with van der Waals surface area (Å²) in [6, 6.07) is 22.7. The van der Waals surface area contributed by atoms with E-state index in [2.05, 4.69) is 57.6 Å². The Bertz CT molecular complexity index is 1550. The number of rotatable bonds is 9. The molecule has 1 aliphatic heterocycles. The molecule has 0 saturated carbocycles. The van der Waals surface area contributed by atoms with E-state index >= 15 is 0 Å². The first kappa shape index (κ1) is 25.4. The molecule has 202 valence electrons. The van der Waals surface area contributed by atoms with Gasteiger partial charge in [0.05, 0.1) is 11.5 Å². The second kappa shape index (κ2) is 11.1. The fourth-order valence-electron chi connectivity index (χ4n) is 5.27. The number of piperidine rings is 1. The number of β-amino-alcohol motifs (C(OH)–C–C–N with tert-alkyl or cyclic N) is 1. The summed E-state index contributed by atoms with van der Waals surface area (Å²) in [5.41, 5.74) is 2.05. The molecule has 1 saturated heterocycles. The molecule has 1 aliphatic rings. The van der Waals surface area contributed by atoms with Gasteiger partial charge in [-0.2, -0.15) is 0 Å². The zero-order valence-electron chi connectivity index (χ0n) is 22.2. The Balaban J connectivity index is 1.03. The van der Waals surface area contributed by atoms with E-state index in [1.807, 2.05) is 32.0 Å². The molecule has 1 unspecified atom stereocenters. The number of benzene rings is 3. The number of nitrogens with zero attached hydrogens (tertiary/aromatic N) is 3. The summed E-state index contributed by atoms with van der Waals surface area (Å²) in [6.45, 7) is 6.47. The molecule has 1 fully saturated rings. The molecule has 3 heterocycles. The van der Waals surface area contributed by atoms with E-state index in [0.717, 1.165) is 31.3 Å². The van der Waals surface area contributed by atoms with Crippen LogP contribution in [-0.4, -0.2) is 58.7 Å². The summed E-state index contributed by atoms with van der Waals surface area (Å²) in [4.78, 5) is 2.33. The van der Waals surface area contributed by atoms with E-state index in [1.165, 1.54) is 16.3 Å². The van der Waals surface area contributed by atoms with E-state index in [-0.39, 0.29) is 24.7 Å². The molecule has 8 nitrogen and oxygen atoms in total. The van der Waals surface area contributed by atoms with Crippen LogP contribution in [0.2, 0.25) is 0 Å².